The molecule has 3 saturated heterocycles. The van der Waals surface area contributed by atoms with E-state index in [0.29, 0.717) is 0 Å². The first kappa shape index (κ1) is 9.17. The fourth-order valence-electron chi connectivity index (χ4n) is 3.69. The monoisotopic (exact) mass is 194 g/mol. The van der Waals surface area contributed by atoms with Crippen molar-refractivity contribution in [1.82, 2.24) is 10.2 Å². The molecule has 2 atom stereocenters. The minimum absolute atomic E-state index is 0.788. The third-order valence-corrected chi connectivity index (χ3v) is 4.70. The number of nitrogens with one attached hydrogen (secondary N) is 1. The summed E-state index contributed by atoms with van der Waals surface area (Å²) in [5.74, 6) is 0.898. The van der Waals surface area contributed by atoms with Crippen molar-refractivity contribution in [2.24, 2.45) is 5.92 Å². The first-order valence-corrected chi connectivity index (χ1v) is 6.34. The Morgan fingerprint density at radius 1 is 1.07 bits per heavy atom. The number of hydrogen-bond donors (Lipinski definition) is 1. The van der Waals surface area contributed by atoms with Crippen LogP contribution in [0.4, 0.5) is 0 Å². The lowest BCUT2D eigenvalue weighted by Gasteiger charge is -2.27. The molecule has 0 saturated carbocycles. The lowest BCUT2D eigenvalue weighted by molar-refractivity contribution is 0.215. The van der Waals surface area contributed by atoms with E-state index >= 15 is 0 Å². The van der Waals surface area contributed by atoms with Gasteiger partial charge in [-0.05, 0) is 44.6 Å². The maximum atomic E-state index is 3.66. The molecule has 0 aliphatic carbocycles. The highest BCUT2D eigenvalue weighted by atomic mass is 15.2. The van der Waals surface area contributed by atoms with E-state index < -0.39 is 0 Å². The van der Waals surface area contributed by atoms with Crippen molar-refractivity contribution in [3.63, 3.8) is 0 Å². The largest absolute Gasteiger partial charge is 0.312 e. The molecule has 2 heteroatoms. The van der Waals surface area contributed by atoms with Crippen molar-refractivity contribution >= 4 is 0 Å². The molecule has 2 bridgehead atoms. The van der Waals surface area contributed by atoms with Gasteiger partial charge in [-0.3, -0.25) is 4.90 Å². The Bertz CT molecular complexity index is 196. The molecule has 3 rings (SSSR count). The molecule has 80 valence electrons. The van der Waals surface area contributed by atoms with Crippen LogP contribution in [0.25, 0.3) is 0 Å². The average Bonchev–Trinajstić information content (AvgIpc) is 2.86. The van der Waals surface area contributed by atoms with Crippen LogP contribution in [0.5, 0.6) is 0 Å². The van der Waals surface area contributed by atoms with Crippen LogP contribution in [-0.4, -0.2) is 36.1 Å². The van der Waals surface area contributed by atoms with Crippen LogP contribution >= 0.6 is 0 Å². The Morgan fingerprint density at radius 2 is 1.71 bits per heavy atom. The van der Waals surface area contributed by atoms with Crippen LogP contribution in [-0.2, 0) is 0 Å². The van der Waals surface area contributed by atoms with Gasteiger partial charge in [0.05, 0.1) is 0 Å². The predicted molar refractivity (Wildman–Crippen MR) is 58.3 cm³/mol. The van der Waals surface area contributed by atoms with E-state index in [1.807, 2.05) is 0 Å². The van der Waals surface area contributed by atoms with Crippen LogP contribution in [0.2, 0.25) is 0 Å². The lowest BCUT2D eigenvalue weighted by Crippen LogP contribution is -2.42. The van der Waals surface area contributed by atoms with E-state index in [1.165, 1.54) is 45.2 Å². The SMILES string of the molecule is CC1CCNC1CN1C2CCC1CC2. The number of fused-ring (bicyclic) bond motifs is 2. The summed E-state index contributed by atoms with van der Waals surface area (Å²) in [6.07, 6.45) is 7.29. The van der Waals surface area contributed by atoms with E-state index in [4.69, 9.17) is 0 Å². The first-order chi connectivity index (χ1) is 6.84. The van der Waals surface area contributed by atoms with E-state index in [9.17, 15) is 0 Å². The van der Waals surface area contributed by atoms with Gasteiger partial charge in [-0.1, -0.05) is 6.92 Å². The second-order valence-corrected chi connectivity index (χ2v) is 5.49. The highest BCUT2D eigenvalue weighted by Gasteiger charge is 2.40. The fourth-order valence-corrected chi connectivity index (χ4v) is 3.69. The third kappa shape index (κ3) is 1.40. The lowest BCUT2D eigenvalue weighted by atomic mass is 10.0. The Balaban J connectivity index is 1.62. The Kier molecular flexibility index (Phi) is 2.29. The molecule has 0 aromatic carbocycles. The second kappa shape index (κ2) is 3.49. The van der Waals surface area contributed by atoms with Crippen molar-refractivity contribution in [3.05, 3.63) is 0 Å². The molecule has 14 heavy (non-hydrogen) atoms. The van der Waals surface area contributed by atoms with E-state index in [0.717, 1.165) is 24.0 Å². The molecule has 0 radical (unpaired) electrons. The Morgan fingerprint density at radius 3 is 2.21 bits per heavy atom. The van der Waals surface area contributed by atoms with Gasteiger partial charge in [0.1, 0.15) is 0 Å². The summed E-state index contributed by atoms with van der Waals surface area (Å²) in [4.78, 5) is 2.81. The van der Waals surface area contributed by atoms with Crippen LogP contribution in [0, 0.1) is 5.92 Å². The maximum Gasteiger partial charge on any atom is 0.0221 e. The molecule has 0 aromatic heterocycles. The van der Waals surface area contributed by atoms with Crippen LogP contribution in [0.1, 0.15) is 39.0 Å². The summed E-state index contributed by atoms with van der Waals surface area (Å²) >= 11 is 0. The second-order valence-electron chi connectivity index (χ2n) is 5.49. The van der Waals surface area contributed by atoms with Gasteiger partial charge in [-0.15, -0.1) is 0 Å². The quantitative estimate of drug-likeness (QED) is 0.718. The zero-order valence-electron chi connectivity index (χ0n) is 9.21. The van der Waals surface area contributed by atoms with Crippen LogP contribution in [0.3, 0.4) is 0 Å². The molecule has 3 heterocycles. The van der Waals surface area contributed by atoms with Crippen molar-refractivity contribution in [2.45, 2.75) is 57.2 Å². The number of hydrogen-bond acceptors (Lipinski definition) is 2. The molecule has 1 N–H and O–H groups in total. The highest BCUT2D eigenvalue weighted by molar-refractivity contribution is 4.97. The third-order valence-electron chi connectivity index (χ3n) is 4.70. The van der Waals surface area contributed by atoms with Gasteiger partial charge < -0.3 is 5.32 Å². The summed E-state index contributed by atoms with van der Waals surface area (Å²) < 4.78 is 0. The van der Waals surface area contributed by atoms with E-state index in [1.54, 1.807) is 0 Å². The number of rotatable bonds is 2. The number of nitrogens with zero attached hydrogens (tertiary/aromatic N) is 1. The average molecular weight is 194 g/mol. The van der Waals surface area contributed by atoms with Gasteiger partial charge in [0.25, 0.3) is 0 Å². The minimum atomic E-state index is 0.788. The molecule has 3 aliphatic heterocycles. The molecular weight excluding hydrogens is 172 g/mol. The fraction of sp³-hybridized carbons (Fsp3) is 1.00. The molecule has 3 aliphatic rings. The molecule has 0 amide bonds. The maximum absolute atomic E-state index is 3.66. The Labute approximate surface area is 87.0 Å². The summed E-state index contributed by atoms with van der Waals surface area (Å²) in [6.45, 7) is 4.98. The molecule has 2 nitrogen and oxygen atoms in total. The van der Waals surface area contributed by atoms with Crippen molar-refractivity contribution < 1.29 is 0 Å². The zero-order valence-corrected chi connectivity index (χ0v) is 9.21. The van der Waals surface area contributed by atoms with Crippen molar-refractivity contribution in [3.8, 4) is 0 Å². The van der Waals surface area contributed by atoms with E-state index in [-0.39, 0.29) is 0 Å². The minimum Gasteiger partial charge on any atom is -0.312 e. The summed E-state index contributed by atoms with van der Waals surface area (Å²) in [5, 5.41) is 3.66. The van der Waals surface area contributed by atoms with Gasteiger partial charge in [0, 0.05) is 24.7 Å². The zero-order chi connectivity index (χ0) is 9.54. The first-order valence-electron chi connectivity index (χ1n) is 6.34. The predicted octanol–water partition coefficient (Wildman–Crippen LogP) is 1.61. The molecule has 0 spiro atoms. The Hall–Kier alpha value is -0.0800. The van der Waals surface area contributed by atoms with Gasteiger partial charge in [0.2, 0.25) is 0 Å². The molecular formula is C12H22N2. The summed E-state index contributed by atoms with van der Waals surface area (Å²) in [6, 6.07) is 2.69. The van der Waals surface area contributed by atoms with Crippen LogP contribution < -0.4 is 5.32 Å². The standard InChI is InChI=1S/C12H22N2/c1-9-6-7-13-12(9)8-14-10-2-3-11(14)5-4-10/h9-13H,2-8H2,1H3. The summed E-state index contributed by atoms with van der Waals surface area (Å²) in [7, 11) is 0. The van der Waals surface area contributed by atoms with Crippen LogP contribution in [0.15, 0.2) is 0 Å². The normalized spacial score (nSPS) is 47.8. The van der Waals surface area contributed by atoms with Crippen molar-refractivity contribution in [1.29, 1.82) is 0 Å². The van der Waals surface area contributed by atoms with Crippen molar-refractivity contribution in [2.75, 3.05) is 13.1 Å². The topological polar surface area (TPSA) is 15.3 Å². The summed E-state index contributed by atoms with van der Waals surface area (Å²) in [5.41, 5.74) is 0. The van der Waals surface area contributed by atoms with Gasteiger partial charge in [-0.25, -0.2) is 0 Å². The van der Waals surface area contributed by atoms with Gasteiger partial charge >= 0.3 is 0 Å². The molecule has 0 aromatic rings. The van der Waals surface area contributed by atoms with Gasteiger partial charge in [-0.2, -0.15) is 0 Å². The molecule has 3 fully saturated rings. The smallest absolute Gasteiger partial charge is 0.0221 e. The van der Waals surface area contributed by atoms with E-state index in [2.05, 4.69) is 17.1 Å². The highest BCUT2D eigenvalue weighted by Crippen LogP contribution is 2.37. The molecule has 2 unspecified atom stereocenters. The van der Waals surface area contributed by atoms with Gasteiger partial charge in [0.15, 0.2) is 0 Å².